The molecule has 0 bridgehead atoms. The summed E-state index contributed by atoms with van der Waals surface area (Å²) in [4.78, 5) is 12.0. The quantitative estimate of drug-likeness (QED) is 0.592. The van der Waals surface area contributed by atoms with Crippen molar-refractivity contribution in [3.8, 4) is 5.75 Å². The molecule has 24 heavy (non-hydrogen) atoms. The number of allylic oxidation sites excluding steroid dienone is 3. The molecule has 2 rings (SSSR count). The van der Waals surface area contributed by atoms with E-state index < -0.39 is 0 Å². The van der Waals surface area contributed by atoms with E-state index >= 15 is 0 Å². The maximum atomic E-state index is 12.0. The highest BCUT2D eigenvalue weighted by Crippen LogP contribution is 2.27. The number of benzene rings is 1. The highest BCUT2D eigenvalue weighted by Gasteiger charge is 2.18. The molecule has 1 unspecified atom stereocenters. The summed E-state index contributed by atoms with van der Waals surface area (Å²) in [7, 11) is 0. The Balaban J connectivity index is 1.91. The first kappa shape index (κ1) is 18.5. The van der Waals surface area contributed by atoms with E-state index in [4.69, 9.17) is 4.74 Å². The van der Waals surface area contributed by atoms with Crippen LogP contribution < -0.4 is 10.2 Å². The Morgan fingerprint density at radius 3 is 2.88 bits per heavy atom. The van der Waals surface area contributed by atoms with Crippen molar-refractivity contribution in [3.05, 3.63) is 52.0 Å². The fourth-order valence-electron chi connectivity index (χ4n) is 2.45. The molecule has 4 nitrogen and oxygen atoms in total. The molecule has 1 N–H and O–H groups in total. The topological polar surface area (TPSA) is 50.7 Å². The van der Waals surface area contributed by atoms with Gasteiger partial charge in [-0.05, 0) is 78.7 Å². The molecule has 0 spiro atoms. The summed E-state index contributed by atoms with van der Waals surface area (Å²) in [6, 6.07) is 5.72. The van der Waals surface area contributed by atoms with Crippen LogP contribution >= 0.6 is 15.9 Å². The lowest BCUT2D eigenvalue weighted by atomic mass is 9.85. The number of hydrogen-bond donors (Lipinski definition) is 1. The highest BCUT2D eigenvalue weighted by atomic mass is 79.9. The number of amides is 1. The van der Waals surface area contributed by atoms with Crippen molar-refractivity contribution >= 4 is 27.5 Å². The zero-order chi connectivity index (χ0) is 17.7. The number of aryl methyl sites for hydroxylation is 1. The number of hydrazone groups is 1. The summed E-state index contributed by atoms with van der Waals surface area (Å²) >= 11 is 3.43. The third-order valence-electron chi connectivity index (χ3n) is 4.06. The molecule has 1 aromatic carbocycles. The Bertz CT molecular complexity index is 707. The molecule has 0 aromatic heterocycles. The second-order valence-electron chi connectivity index (χ2n) is 6.19. The third kappa shape index (κ3) is 5.06. The minimum absolute atomic E-state index is 0.0783. The van der Waals surface area contributed by atoms with Crippen molar-refractivity contribution in [1.29, 1.82) is 0 Å². The van der Waals surface area contributed by atoms with Gasteiger partial charge in [0.2, 0.25) is 0 Å². The summed E-state index contributed by atoms with van der Waals surface area (Å²) in [5.74, 6) is 0.754. The van der Waals surface area contributed by atoms with Gasteiger partial charge in [0.15, 0.2) is 6.61 Å². The van der Waals surface area contributed by atoms with Crippen molar-refractivity contribution < 1.29 is 9.53 Å². The fraction of sp³-hybridized carbons (Fsp3) is 0.368. The number of rotatable bonds is 5. The monoisotopic (exact) mass is 390 g/mol. The van der Waals surface area contributed by atoms with Gasteiger partial charge in [0, 0.05) is 0 Å². The average molecular weight is 391 g/mol. The molecule has 0 saturated heterocycles. The van der Waals surface area contributed by atoms with Crippen LogP contribution in [0.1, 0.15) is 32.3 Å². The fourth-order valence-corrected chi connectivity index (χ4v) is 3.06. The predicted molar refractivity (Wildman–Crippen MR) is 101 cm³/mol. The van der Waals surface area contributed by atoms with E-state index in [1.165, 1.54) is 0 Å². The Labute approximate surface area is 151 Å². The molecule has 1 amide bonds. The van der Waals surface area contributed by atoms with Crippen molar-refractivity contribution in [2.24, 2.45) is 11.0 Å². The van der Waals surface area contributed by atoms with Crippen molar-refractivity contribution in [3.63, 3.8) is 0 Å². The van der Waals surface area contributed by atoms with Gasteiger partial charge >= 0.3 is 0 Å². The molecule has 0 fully saturated rings. The Hall–Kier alpha value is -1.88. The Kier molecular flexibility index (Phi) is 6.37. The minimum atomic E-state index is -0.278. The van der Waals surface area contributed by atoms with Crippen LogP contribution in [0.3, 0.4) is 0 Å². The molecule has 1 aliphatic carbocycles. The van der Waals surface area contributed by atoms with E-state index in [-0.39, 0.29) is 12.5 Å². The van der Waals surface area contributed by atoms with E-state index in [9.17, 15) is 4.79 Å². The van der Waals surface area contributed by atoms with Crippen LogP contribution in [0.4, 0.5) is 0 Å². The smallest absolute Gasteiger partial charge is 0.277 e. The standard InChI is InChI=1S/C19H23BrN2O2/c1-12(2)15-7-6-14(4)17(10-15)21-22-19(23)11-24-18-8-5-13(3)9-16(18)20/h5-6,8-9,15H,1,7,10-11H2,2-4H3,(H,22,23)/b21-17+. The molecular weight excluding hydrogens is 368 g/mol. The number of hydrogen-bond acceptors (Lipinski definition) is 3. The van der Waals surface area contributed by atoms with Crippen LogP contribution in [0.2, 0.25) is 0 Å². The largest absolute Gasteiger partial charge is 0.483 e. The van der Waals surface area contributed by atoms with Gasteiger partial charge in [-0.1, -0.05) is 24.3 Å². The Morgan fingerprint density at radius 1 is 1.46 bits per heavy atom. The van der Waals surface area contributed by atoms with Gasteiger partial charge in [0.25, 0.3) is 5.91 Å². The van der Waals surface area contributed by atoms with Crippen molar-refractivity contribution in [2.45, 2.75) is 33.6 Å². The number of carbonyl (C=O) groups is 1. The van der Waals surface area contributed by atoms with Gasteiger partial charge in [-0.3, -0.25) is 4.79 Å². The van der Waals surface area contributed by atoms with Crippen molar-refractivity contribution in [2.75, 3.05) is 6.61 Å². The van der Waals surface area contributed by atoms with Crippen LogP contribution in [-0.4, -0.2) is 18.2 Å². The first-order valence-corrected chi connectivity index (χ1v) is 8.73. The summed E-state index contributed by atoms with van der Waals surface area (Å²) in [6.45, 7) is 9.98. The molecular formula is C19H23BrN2O2. The van der Waals surface area contributed by atoms with Crippen LogP contribution in [0.25, 0.3) is 0 Å². The first-order chi connectivity index (χ1) is 11.4. The van der Waals surface area contributed by atoms with E-state index in [0.29, 0.717) is 11.7 Å². The maximum absolute atomic E-state index is 12.0. The van der Waals surface area contributed by atoms with Crippen LogP contribution in [0.5, 0.6) is 5.75 Å². The summed E-state index contributed by atoms with van der Waals surface area (Å²) in [5, 5.41) is 4.26. The second-order valence-corrected chi connectivity index (χ2v) is 7.04. The van der Waals surface area contributed by atoms with Gasteiger partial charge in [-0.15, -0.1) is 0 Å². The molecule has 0 aliphatic heterocycles. The Morgan fingerprint density at radius 2 is 2.21 bits per heavy atom. The van der Waals surface area contributed by atoms with Gasteiger partial charge in [-0.2, -0.15) is 5.10 Å². The molecule has 0 heterocycles. The SMILES string of the molecule is C=C(C)C1CC=C(C)/C(=N/NC(=O)COc2ccc(C)cc2Br)C1. The molecule has 1 aliphatic rings. The average Bonchev–Trinajstić information content (AvgIpc) is 2.53. The number of ether oxygens (including phenoxy) is 1. The lowest BCUT2D eigenvalue weighted by molar-refractivity contribution is -0.123. The van der Waals surface area contributed by atoms with Crippen molar-refractivity contribution in [1.82, 2.24) is 5.43 Å². The molecule has 128 valence electrons. The molecule has 0 saturated carbocycles. The normalized spacial score (nSPS) is 18.9. The lowest BCUT2D eigenvalue weighted by Gasteiger charge is -2.22. The van der Waals surface area contributed by atoms with Gasteiger partial charge < -0.3 is 4.74 Å². The number of nitrogens with one attached hydrogen (secondary N) is 1. The number of carbonyl (C=O) groups excluding carboxylic acids is 1. The molecule has 5 heteroatoms. The highest BCUT2D eigenvalue weighted by molar-refractivity contribution is 9.10. The van der Waals surface area contributed by atoms with E-state index in [1.54, 1.807) is 0 Å². The molecule has 1 atom stereocenters. The molecule has 0 radical (unpaired) electrons. The van der Waals surface area contributed by atoms with Gasteiger partial charge in [0.05, 0.1) is 10.2 Å². The van der Waals surface area contributed by atoms with Crippen LogP contribution in [0.15, 0.2) is 51.6 Å². The lowest BCUT2D eigenvalue weighted by Crippen LogP contribution is -2.27. The second kappa shape index (κ2) is 8.29. The summed E-state index contributed by atoms with van der Waals surface area (Å²) < 4.78 is 6.35. The summed E-state index contributed by atoms with van der Waals surface area (Å²) in [5.41, 5.74) is 6.86. The predicted octanol–water partition coefficient (Wildman–Crippen LogP) is 4.54. The summed E-state index contributed by atoms with van der Waals surface area (Å²) in [6.07, 6.45) is 3.94. The van der Waals surface area contributed by atoms with E-state index in [1.807, 2.05) is 39.0 Å². The van der Waals surface area contributed by atoms with Crippen LogP contribution in [0, 0.1) is 12.8 Å². The zero-order valence-electron chi connectivity index (χ0n) is 14.4. The third-order valence-corrected chi connectivity index (χ3v) is 4.68. The first-order valence-electron chi connectivity index (χ1n) is 7.93. The number of nitrogens with zero attached hydrogens (tertiary/aromatic N) is 1. The molecule has 1 aromatic rings. The minimum Gasteiger partial charge on any atom is -0.483 e. The van der Waals surface area contributed by atoms with Crippen LogP contribution in [-0.2, 0) is 4.79 Å². The van der Waals surface area contributed by atoms with Gasteiger partial charge in [-0.25, -0.2) is 5.43 Å². The van der Waals surface area contributed by atoms with Gasteiger partial charge in [0.1, 0.15) is 5.75 Å². The number of halogens is 1. The zero-order valence-corrected chi connectivity index (χ0v) is 15.9. The van der Waals surface area contributed by atoms with E-state index in [2.05, 4.69) is 39.1 Å². The maximum Gasteiger partial charge on any atom is 0.277 e. The van der Waals surface area contributed by atoms with E-state index in [0.717, 1.165) is 39.7 Å².